The molecule has 3 N–H and O–H groups in total. The van der Waals surface area contributed by atoms with Gasteiger partial charge in [-0.3, -0.25) is 9.59 Å². The first kappa shape index (κ1) is 13.8. The topological polar surface area (TPSA) is 90.6 Å². The molecule has 1 aromatic rings. The van der Waals surface area contributed by atoms with E-state index in [1.54, 1.807) is 20.3 Å². The SMILES string of the molecule is COc1ccc(CCNC(=O)C(N)=O)cc1OC. The molecule has 98 valence electrons. The number of amides is 2. The first-order valence-electron chi connectivity index (χ1n) is 5.37. The summed E-state index contributed by atoms with van der Waals surface area (Å²) in [5, 5.41) is 2.41. The summed E-state index contributed by atoms with van der Waals surface area (Å²) < 4.78 is 10.3. The van der Waals surface area contributed by atoms with Crippen LogP contribution >= 0.6 is 0 Å². The van der Waals surface area contributed by atoms with Gasteiger partial charge in [0, 0.05) is 6.54 Å². The van der Waals surface area contributed by atoms with E-state index in [0.29, 0.717) is 24.5 Å². The minimum Gasteiger partial charge on any atom is -0.493 e. The molecule has 6 heteroatoms. The van der Waals surface area contributed by atoms with Crippen molar-refractivity contribution < 1.29 is 19.1 Å². The fourth-order valence-electron chi connectivity index (χ4n) is 1.44. The third-order valence-electron chi connectivity index (χ3n) is 2.37. The number of rotatable bonds is 5. The van der Waals surface area contributed by atoms with Crippen LogP contribution in [0, 0.1) is 0 Å². The number of ether oxygens (including phenoxy) is 2. The molecule has 0 radical (unpaired) electrons. The second-order valence-electron chi connectivity index (χ2n) is 3.56. The maximum atomic E-state index is 10.9. The summed E-state index contributed by atoms with van der Waals surface area (Å²) in [7, 11) is 3.11. The Labute approximate surface area is 105 Å². The van der Waals surface area contributed by atoms with E-state index < -0.39 is 11.8 Å². The zero-order chi connectivity index (χ0) is 13.5. The van der Waals surface area contributed by atoms with Crippen molar-refractivity contribution in [3.8, 4) is 11.5 Å². The molecule has 0 spiro atoms. The van der Waals surface area contributed by atoms with Crippen LogP contribution in [0.3, 0.4) is 0 Å². The van der Waals surface area contributed by atoms with E-state index in [-0.39, 0.29) is 0 Å². The van der Waals surface area contributed by atoms with Gasteiger partial charge in [-0.1, -0.05) is 6.07 Å². The van der Waals surface area contributed by atoms with E-state index >= 15 is 0 Å². The van der Waals surface area contributed by atoms with E-state index in [1.807, 2.05) is 12.1 Å². The second kappa shape index (κ2) is 6.48. The molecule has 2 amide bonds. The molecule has 0 fully saturated rings. The minimum atomic E-state index is -0.984. The van der Waals surface area contributed by atoms with Crippen LogP contribution in [0.1, 0.15) is 5.56 Å². The van der Waals surface area contributed by atoms with Gasteiger partial charge in [0.05, 0.1) is 14.2 Å². The number of nitrogens with one attached hydrogen (secondary N) is 1. The van der Waals surface area contributed by atoms with Gasteiger partial charge >= 0.3 is 11.8 Å². The Balaban J connectivity index is 2.58. The summed E-state index contributed by atoms with van der Waals surface area (Å²) in [6, 6.07) is 5.46. The Morgan fingerprint density at radius 1 is 1.22 bits per heavy atom. The van der Waals surface area contributed by atoms with E-state index in [0.717, 1.165) is 5.56 Å². The zero-order valence-corrected chi connectivity index (χ0v) is 10.4. The van der Waals surface area contributed by atoms with Crippen LogP contribution in [0.25, 0.3) is 0 Å². The van der Waals surface area contributed by atoms with Gasteiger partial charge in [0.15, 0.2) is 11.5 Å². The van der Waals surface area contributed by atoms with Gasteiger partial charge in [-0.15, -0.1) is 0 Å². The second-order valence-corrected chi connectivity index (χ2v) is 3.56. The van der Waals surface area contributed by atoms with Gasteiger partial charge < -0.3 is 20.5 Å². The summed E-state index contributed by atoms with van der Waals surface area (Å²) in [5.74, 6) is -0.503. The monoisotopic (exact) mass is 252 g/mol. The van der Waals surface area contributed by atoms with Crippen molar-refractivity contribution in [2.24, 2.45) is 5.73 Å². The first-order chi connectivity index (χ1) is 8.58. The zero-order valence-electron chi connectivity index (χ0n) is 10.4. The molecule has 0 aliphatic heterocycles. The highest BCUT2D eigenvalue weighted by molar-refractivity contribution is 6.34. The standard InChI is InChI=1S/C12H16N2O4/c1-17-9-4-3-8(7-10(9)18-2)5-6-14-12(16)11(13)15/h3-4,7H,5-6H2,1-2H3,(H2,13,15)(H,14,16). The highest BCUT2D eigenvalue weighted by atomic mass is 16.5. The Morgan fingerprint density at radius 3 is 2.44 bits per heavy atom. The van der Waals surface area contributed by atoms with Crippen molar-refractivity contribution in [2.45, 2.75) is 6.42 Å². The lowest BCUT2D eigenvalue weighted by Gasteiger charge is -2.09. The molecule has 0 saturated carbocycles. The molecule has 0 unspecified atom stereocenters. The predicted octanol–water partition coefficient (Wildman–Crippen LogP) is -0.152. The van der Waals surface area contributed by atoms with Crippen LogP contribution in [0.2, 0.25) is 0 Å². The van der Waals surface area contributed by atoms with Crippen molar-refractivity contribution in [1.29, 1.82) is 0 Å². The lowest BCUT2D eigenvalue weighted by Crippen LogP contribution is -2.37. The number of primary amides is 1. The molecule has 18 heavy (non-hydrogen) atoms. The number of benzene rings is 1. The van der Waals surface area contributed by atoms with Crippen molar-refractivity contribution in [3.05, 3.63) is 23.8 Å². The number of hydrogen-bond donors (Lipinski definition) is 2. The smallest absolute Gasteiger partial charge is 0.309 e. The molecule has 0 aromatic heterocycles. The van der Waals surface area contributed by atoms with Gasteiger partial charge in [-0.2, -0.15) is 0 Å². The van der Waals surface area contributed by atoms with Crippen molar-refractivity contribution >= 4 is 11.8 Å². The Hall–Kier alpha value is -2.24. The molecular weight excluding hydrogens is 236 g/mol. The molecule has 0 aliphatic carbocycles. The summed E-state index contributed by atoms with van der Waals surface area (Å²) in [5.41, 5.74) is 5.77. The van der Waals surface area contributed by atoms with Crippen molar-refractivity contribution in [2.75, 3.05) is 20.8 Å². The highest BCUT2D eigenvalue weighted by Crippen LogP contribution is 2.27. The molecular formula is C12H16N2O4. The average molecular weight is 252 g/mol. The quantitative estimate of drug-likeness (QED) is 0.713. The number of hydrogen-bond acceptors (Lipinski definition) is 4. The van der Waals surface area contributed by atoms with Crippen LogP contribution in [0.15, 0.2) is 18.2 Å². The highest BCUT2D eigenvalue weighted by Gasteiger charge is 2.08. The Morgan fingerprint density at radius 2 is 1.89 bits per heavy atom. The summed E-state index contributed by atoms with van der Waals surface area (Å²) in [6.45, 7) is 0.331. The molecule has 0 bridgehead atoms. The Kier molecular flexibility index (Phi) is 4.98. The van der Waals surface area contributed by atoms with Crippen LogP contribution in [0.4, 0.5) is 0 Å². The van der Waals surface area contributed by atoms with Crippen LogP contribution < -0.4 is 20.5 Å². The molecule has 1 aromatic carbocycles. The first-order valence-corrected chi connectivity index (χ1v) is 5.37. The average Bonchev–Trinajstić information content (AvgIpc) is 2.38. The minimum absolute atomic E-state index is 0.331. The molecule has 0 atom stereocenters. The maximum Gasteiger partial charge on any atom is 0.309 e. The fourth-order valence-corrected chi connectivity index (χ4v) is 1.44. The lowest BCUT2D eigenvalue weighted by atomic mass is 10.1. The molecule has 0 saturated heterocycles. The van der Waals surface area contributed by atoms with Crippen molar-refractivity contribution in [1.82, 2.24) is 5.32 Å². The van der Waals surface area contributed by atoms with Crippen LogP contribution in [-0.4, -0.2) is 32.6 Å². The maximum absolute atomic E-state index is 10.9. The number of carbonyl (C=O) groups is 2. The summed E-state index contributed by atoms with van der Waals surface area (Å²) in [6.07, 6.45) is 0.569. The van der Waals surface area contributed by atoms with E-state index in [1.165, 1.54) is 0 Å². The number of methoxy groups -OCH3 is 2. The summed E-state index contributed by atoms with van der Waals surface area (Å²) in [4.78, 5) is 21.4. The molecule has 0 heterocycles. The number of nitrogens with two attached hydrogens (primary N) is 1. The van der Waals surface area contributed by atoms with Gasteiger partial charge in [-0.05, 0) is 24.1 Å². The Bertz CT molecular complexity index is 446. The molecule has 1 rings (SSSR count). The van der Waals surface area contributed by atoms with Gasteiger partial charge in [0.25, 0.3) is 0 Å². The van der Waals surface area contributed by atoms with Crippen LogP contribution in [-0.2, 0) is 16.0 Å². The van der Waals surface area contributed by atoms with Gasteiger partial charge in [0.2, 0.25) is 0 Å². The van der Waals surface area contributed by atoms with E-state index in [9.17, 15) is 9.59 Å². The van der Waals surface area contributed by atoms with E-state index in [2.05, 4.69) is 5.32 Å². The fraction of sp³-hybridized carbons (Fsp3) is 0.333. The molecule has 6 nitrogen and oxygen atoms in total. The lowest BCUT2D eigenvalue weighted by molar-refractivity contribution is -0.137. The summed E-state index contributed by atoms with van der Waals surface area (Å²) >= 11 is 0. The predicted molar refractivity (Wildman–Crippen MR) is 65.5 cm³/mol. The van der Waals surface area contributed by atoms with Crippen LogP contribution in [0.5, 0.6) is 11.5 Å². The number of carbonyl (C=O) groups excluding carboxylic acids is 2. The van der Waals surface area contributed by atoms with Crippen molar-refractivity contribution in [3.63, 3.8) is 0 Å². The normalized spacial score (nSPS) is 9.67. The van der Waals surface area contributed by atoms with Gasteiger partial charge in [0.1, 0.15) is 0 Å². The van der Waals surface area contributed by atoms with Gasteiger partial charge in [-0.25, -0.2) is 0 Å². The van der Waals surface area contributed by atoms with E-state index in [4.69, 9.17) is 15.2 Å². The third kappa shape index (κ3) is 3.65. The third-order valence-corrected chi connectivity index (χ3v) is 2.37. The largest absolute Gasteiger partial charge is 0.493 e. The molecule has 0 aliphatic rings.